The van der Waals surface area contributed by atoms with Gasteiger partial charge in [-0.3, -0.25) is 9.59 Å². The van der Waals surface area contributed by atoms with Crippen LogP contribution in [0.5, 0.6) is 0 Å². The molecule has 10 heteroatoms. The SMILES string of the molecule is CC(C)[C@H](NS(=O)(=O)c1cccc(Cl)c1)C(=O)OCC(=O)N1CCN(c2ccccc2)CC1. The number of nitrogens with zero attached hydrogens (tertiary/aromatic N) is 2. The van der Waals surface area contributed by atoms with Crippen LogP contribution in [-0.2, 0) is 24.3 Å². The van der Waals surface area contributed by atoms with Gasteiger partial charge in [-0.2, -0.15) is 4.72 Å². The van der Waals surface area contributed by atoms with Gasteiger partial charge >= 0.3 is 5.97 Å². The Morgan fingerprint density at radius 1 is 1.03 bits per heavy atom. The normalized spacial score (nSPS) is 15.4. The van der Waals surface area contributed by atoms with Crippen molar-refractivity contribution >= 4 is 39.2 Å². The summed E-state index contributed by atoms with van der Waals surface area (Å²) in [6, 6.07) is 14.5. The number of carbonyl (C=O) groups is 2. The molecular formula is C23H28ClN3O5S. The zero-order chi connectivity index (χ0) is 24.0. The molecule has 1 N–H and O–H groups in total. The van der Waals surface area contributed by atoms with Crippen molar-refractivity contribution in [3.8, 4) is 0 Å². The Morgan fingerprint density at radius 2 is 1.70 bits per heavy atom. The standard InChI is InChI=1S/C23H28ClN3O5S/c1-17(2)22(25-33(30,31)20-10-6-7-18(24)15-20)23(29)32-16-21(28)27-13-11-26(12-14-27)19-8-4-3-5-9-19/h3-10,15,17,22,25H,11-14,16H2,1-2H3/t22-/m0/s1. The molecule has 1 heterocycles. The van der Waals surface area contributed by atoms with Crippen LogP contribution in [0.25, 0.3) is 0 Å². The van der Waals surface area contributed by atoms with Gasteiger partial charge in [-0.15, -0.1) is 0 Å². The largest absolute Gasteiger partial charge is 0.454 e. The molecule has 1 aliphatic heterocycles. The number of hydrogen-bond acceptors (Lipinski definition) is 6. The number of ether oxygens (including phenoxy) is 1. The van der Waals surface area contributed by atoms with E-state index in [-0.39, 0.29) is 15.8 Å². The second-order valence-electron chi connectivity index (χ2n) is 8.11. The third kappa shape index (κ3) is 6.69. The minimum Gasteiger partial charge on any atom is -0.454 e. The second kappa shape index (κ2) is 11.0. The molecule has 8 nitrogen and oxygen atoms in total. The fraction of sp³-hybridized carbons (Fsp3) is 0.391. The van der Waals surface area contributed by atoms with E-state index in [1.807, 2.05) is 30.3 Å². The molecule has 178 valence electrons. The van der Waals surface area contributed by atoms with Gasteiger partial charge in [-0.05, 0) is 36.2 Å². The highest BCUT2D eigenvalue weighted by molar-refractivity contribution is 7.89. The molecule has 0 unspecified atom stereocenters. The zero-order valence-corrected chi connectivity index (χ0v) is 20.2. The lowest BCUT2D eigenvalue weighted by Gasteiger charge is -2.36. The highest BCUT2D eigenvalue weighted by atomic mass is 35.5. The number of carbonyl (C=O) groups excluding carboxylic acids is 2. The van der Waals surface area contributed by atoms with Crippen LogP contribution in [0.4, 0.5) is 5.69 Å². The number of esters is 1. The maximum Gasteiger partial charge on any atom is 0.324 e. The van der Waals surface area contributed by atoms with Gasteiger partial charge in [0.1, 0.15) is 6.04 Å². The number of hydrogen-bond donors (Lipinski definition) is 1. The summed E-state index contributed by atoms with van der Waals surface area (Å²) in [4.78, 5) is 29.0. The van der Waals surface area contributed by atoms with Crippen LogP contribution in [0, 0.1) is 5.92 Å². The number of sulfonamides is 1. The summed E-state index contributed by atoms with van der Waals surface area (Å²) in [6.07, 6.45) is 0. The highest BCUT2D eigenvalue weighted by Crippen LogP contribution is 2.18. The fourth-order valence-corrected chi connectivity index (χ4v) is 5.13. The van der Waals surface area contributed by atoms with Crippen LogP contribution in [0.3, 0.4) is 0 Å². The van der Waals surface area contributed by atoms with E-state index in [1.165, 1.54) is 18.2 Å². The van der Waals surface area contributed by atoms with Gasteiger partial charge in [-0.25, -0.2) is 8.42 Å². The minimum atomic E-state index is -4.00. The van der Waals surface area contributed by atoms with Crippen molar-refractivity contribution in [3.05, 3.63) is 59.6 Å². The maximum absolute atomic E-state index is 12.7. The number of anilines is 1. The summed E-state index contributed by atoms with van der Waals surface area (Å²) >= 11 is 5.89. The first-order valence-electron chi connectivity index (χ1n) is 10.7. The van der Waals surface area contributed by atoms with Crippen LogP contribution < -0.4 is 9.62 Å². The molecule has 0 saturated carbocycles. The molecule has 0 aliphatic carbocycles. The summed E-state index contributed by atoms with van der Waals surface area (Å²) < 4.78 is 32.9. The first-order valence-corrected chi connectivity index (χ1v) is 12.6. The molecule has 0 radical (unpaired) electrons. The van der Waals surface area contributed by atoms with Gasteiger partial charge < -0.3 is 14.5 Å². The Bertz CT molecular complexity index is 1070. The summed E-state index contributed by atoms with van der Waals surface area (Å²) in [5, 5.41) is 0.263. The molecule has 0 aromatic heterocycles. The van der Waals surface area contributed by atoms with E-state index in [4.69, 9.17) is 16.3 Å². The lowest BCUT2D eigenvalue weighted by Crippen LogP contribution is -2.50. The Balaban J connectivity index is 1.54. The van der Waals surface area contributed by atoms with Crippen LogP contribution in [0.15, 0.2) is 59.5 Å². The number of piperazine rings is 1. The van der Waals surface area contributed by atoms with Crippen LogP contribution in [0.2, 0.25) is 5.02 Å². The summed E-state index contributed by atoms with van der Waals surface area (Å²) in [5.41, 5.74) is 1.10. The van der Waals surface area contributed by atoms with Gasteiger partial charge in [0, 0.05) is 36.9 Å². The Labute approximate surface area is 199 Å². The quantitative estimate of drug-likeness (QED) is 0.568. The second-order valence-corrected chi connectivity index (χ2v) is 10.3. The molecule has 0 spiro atoms. The average Bonchev–Trinajstić information content (AvgIpc) is 2.81. The predicted octanol–water partition coefficient (Wildman–Crippen LogP) is 2.53. The maximum atomic E-state index is 12.7. The van der Waals surface area contributed by atoms with Crippen molar-refractivity contribution < 1.29 is 22.7 Å². The fourth-order valence-electron chi connectivity index (χ4n) is 3.49. The topological polar surface area (TPSA) is 96.0 Å². The molecule has 3 rings (SSSR count). The van der Waals surface area contributed by atoms with E-state index in [0.717, 1.165) is 5.69 Å². The molecule has 2 aromatic carbocycles. The van der Waals surface area contributed by atoms with E-state index in [1.54, 1.807) is 24.8 Å². The van der Waals surface area contributed by atoms with E-state index < -0.39 is 34.6 Å². The first-order chi connectivity index (χ1) is 15.7. The van der Waals surface area contributed by atoms with E-state index in [9.17, 15) is 18.0 Å². The number of amides is 1. The van der Waals surface area contributed by atoms with Crippen LogP contribution in [-0.4, -0.2) is 64.0 Å². The van der Waals surface area contributed by atoms with Crippen molar-refractivity contribution in [1.82, 2.24) is 9.62 Å². The van der Waals surface area contributed by atoms with E-state index >= 15 is 0 Å². The van der Waals surface area contributed by atoms with Gasteiger partial charge in [0.05, 0.1) is 4.90 Å². The lowest BCUT2D eigenvalue weighted by molar-refractivity contribution is -0.154. The number of nitrogens with one attached hydrogen (secondary N) is 1. The van der Waals surface area contributed by atoms with Gasteiger partial charge in [0.2, 0.25) is 10.0 Å². The molecule has 0 bridgehead atoms. The monoisotopic (exact) mass is 493 g/mol. The van der Waals surface area contributed by atoms with Gasteiger partial charge in [0.15, 0.2) is 6.61 Å². The number of para-hydroxylation sites is 1. The van der Waals surface area contributed by atoms with Crippen molar-refractivity contribution in [3.63, 3.8) is 0 Å². The molecule has 1 saturated heterocycles. The summed E-state index contributed by atoms with van der Waals surface area (Å²) in [6.45, 7) is 5.33. The number of benzene rings is 2. The number of halogens is 1. The molecule has 33 heavy (non-hydrogen) atoms. The molecule has 1 amide bonds. The van der Waals surface area contributed by atoms with E-state index in [0.29, 0.717) is 26.2 Å². The molecule has 1 fully saturated rings. The van der Waals surface area contributed by atoms with Crippen molar-refractivity contribution in [1.29, 1.82) is 0 Å². The lowest BCUT2D eigenvalue weighted by atomic mass is 10.1. The van der Waals surface area contributed by atoms with Crippen molar-refractivity contribution in [2.24, 2.45) is 5.92 Å². The molecule has 2 aromatic rings. The van der Waals surface area contributed by atoms with Crippen LogP contribution >= 0.6 is 11.6 Å². The first kappa shape index (κ1) is 25.0. The smallest absolute Gasteiger partial charge is 0.324 e. The third-order valence-corrected chi connectivity index (χ3v) is 7.07. The van der Waals surface area contributed by atoms with Crippen molar-refractivity contribution in [2.45, 2.75) is 24.8 Å². The summed E-state index contributed by atoms with van der Waals surface area (Å²) in [5.74, 6) is -1.50. The highest BCUT2D eigenvalue weighted by Gasteiger charge is 2.31. The number of rotatable bonds is 8. The average molecular weight is 494 g/mol. The Morgan fingerprint density at radius 3 is 2.30 bits per heavy atom. The molecular weight excluding hydrogens is 466 g/mol. The molecule has 1 aliphatic rings. The van der Waals surface area contributed by atoms with Crippen LogP contribution in [0.1, 0.15) is 13.8 Å². The van der Waals surface area contributed by atoms with Gasteiger partial charge in [0.25, 0.3) is 5.91 Å². The Hall–Kier alpha value is -2.62. The summed E-state index contributed by atoms with van der Waals surface area (Å²) in [7, 11) is -4.00. The molecule has 1 atom stereocenters. The minimum absolute atomic E-state index is 0.0548. The Kier molecular flexibility index (Phi) is 8.34. The van der Waals surface area contributed by atoms with Crippen molar-refractivity contribution in [2.75, 3.05) is 37.7 Å². The van der Waals surface area contributed by atoms with Gasteiger partial charge in [-0.1, -0.05) is 49.7 Å². The van der Waals surface area contributed by atoms with E-state index in [2.05, 4.69) is 9.62 Å². The predicted molar refractivity (Wildman–Crippen MR) is 127 cm³/mol. The zero-order valence-electron chi connectivity index (χ0n) is 18.6. The third-order valence-electron chi connectivity index (χ3n) is 5.40.